The van der Waals surface area contributed by atoms with Crippen molar-refractivity contribution in [3.8, 4) is 11.5 Å². The number of amides is 2. The molecule has 0 aromatic heterocycles. The molecular formula is C21H32N4O6. The van der Waals surface area contributed by atoms with Crippen molar-refractivity contribution in [2.75, 3.05) is 13.2 Å². The SMILES string of the molecule is Cc1c(O)c(/C=N/NC(=O)CCCCCO)cc(/C=N/NC(=O)CCCCCO)c1O. The smallest absolute Gasteiger partial charge is 0.240 e. The second-order valence-corrected chi connectivity index (χ2v) is 7.03. The molecule has 0 aliphatic heterocycles. The summed E-state index contributed by atoms with van der Waals surface area (Å²) in [5.41, 5.74) is 5.45. The van der Waals surface area contributed by atoms with Gasteiger partial charge in [-0.15, -0.1) is 0 Å². The van der Waals surface area contributed by atoms with Crippen molar-refractivity contribution >= 4 is 24.2 Å². The summed E-state index contributed by atoms with van der Waals surface area (Å²) in [5.74, 6) is -0.952. The minimum absolute atomic E-state index is 0.0964. The maximum Gasteiger partial charge on any atom is 0.240 e. The second kappa shape index (κ2) is 14.9. The maximum absolute atomic E-state index is 11.7. The summed E-state index contributed by atoms with van der Waals surface area (Å²) < 4.78 is 0. The Bertz CT molecular complexity index is 719. The van der Waals surface area contributed by atoms with Crippen molar-refractivity contribution in [1.82, 2.24) is 10.9 Å². The van der Waals surface area contributed by atoms with Crippen molar-refractivity contribution in [3.63, 3.8) is 0 Å². The van der Waals surface area contributed by atoms with Gasteiger partial charge in [0.05, 0.1) is 12.4 Å². The Labute approximate surface area is 181 Å². The van der Waals surface area contributed by atoms with Crippen LogP contribution < -0.4 is 10.9 Å². The average molecular weight is 437 g/mol. The van der Waals surface area contributed by atoms with Gasteiger partial charge in [-0.05, 0) is 38.7 Å². The fourth-order valence-corrected chi connectivity index (χ4v) is 2.65. The topological polar surface area (TPSA) is 164 Å². The first-order chi connectivity index (χ1) is 14.9. The van der Waals surface area contributed by atoms with Crippen LogP contribution in [0.3, 0.4) is 0 Å². The van der Waals surface area contributed by atoms with Gasteiger partial charge >= 0.3 is 0 Å². The number of aromatic hydroxyl groups is 2. The number of nitrogens with one attached hydrogen (secondary N) is 2. The van der Waals surface area contributed by atoms with Crippen molar-refractivity contribution in [2.45, 2.75) is 58.3 Å². The molecule has 1 aromatic rings. The number of aliphatic hydroxyl groups excluding tert-OH is 2. The molecule has 0 bridgehead atoms. The van der Waals surface area contributed by atoms with Crippen LogP contribution in [0.2, 0.25) is 0 Å². The lowest BCUT2D eigenvalue weighted by Gasteiger charge is -2.09. The van der Waals surface area contributed by atoms with Gasteiger partial charge < -0.3 is 20.4 Å². The van der Waals surface area contributed by atoms with Crippen LogP contribution >= 0.6 is 0 Å². The maximum atomic E-state index is 11.7. The normalized spacial score (nSPS) is 11.3. The molecule has 0 fully saturated rings. The van der Waals surface area contributed by atoms with E-state index >= 15 is 0 Å². The third-order valence-corrected chi connectivity index (χ3v) is 4.48. The summed E-state index contributed by atoms with van der Waals surface area (Å²) in [6, 6.07) is 1.42. The predicted octanol–water partition coefficient (Wildman–Crippen LogP) is 1.41. The molecule has 0 aliphatic carbocycles. The summed E-state index contributed by atoms with van der Waals surface area (Å²) >= 11 is 0. The summed E-state index contributed by atoms with van der Waals surface area (Å²) in [6.45, 7) is 1.71. The lowest BCUT2D eigenvalue weighted by molar-refractivity contribution is -0.122. The number of hydrazone groups is 2. The fraction of sp³-hybridized carbons (Fsp3) is 0.524. The van der Waals surface area contributed by atoms with E-state index in [0.29, 0.717) is 25.7 Å². The van der Waals surface area contributed by atoms with Crippen molar-refractivity contribution < 1.29 is 30.0 Å². The Kier molecular flexibility index (Phi) is 12.5. The molecule has 0 unspecified atom stereocenters. The average Bonchev–Trinajstić information content (AvgIpc) is 2.75. The Hall–Kier alpha value is -2.98. The van der Waals surface area contributed by atoms with Crippen LogP contribution in [0.4, 0.5) is 0 Å². The molecule has 0 radical (unpaired) electrons. The first-order valence-corrected chi connectivity index (χ1v) is 10.3. The number of phenols is 2. The van der Waals surface area contributed by atoms with Gasteiger partial charge in [-0.3, -0.25) is 9.59 Å². The van der Waals surface area contributed by atoms with E-state index in [0.717, 1.165) is 12.8 Å². The number of hydrogen-bond acceptors (Lipinski definition) is 8. The van der Waals surface area contributed by atoms with Crippen molar-refractivity contribution in [2.24, 2.45) is 10.2 Å². The van der Waals surface area contributed by atoms with Gasteiger partial charge in [-0.25, -0.2) is 10.9 Å². The molecule has 0 saturated heterocycles. The molecule has 2 amide bonds. The lowest BCUT2D eigenvalue weighted by atomic mass is 10.0. The van der Waals surface area contributed by atoms with Gasteiger partial charge in [0, 0.05) is 42.7 Å². The number of carbonyl (C=O) groups excluding carboxylic acids is 2. The summed E-state index contributed by atoms with van der Waals surface area (Å²) in [5, 5.41) is 45.5. The first-order valence-electron chi connectivity index (χ1n) is 10.3. The van der Waals surface area contributed by atoms with E-state index in [2.05, 4.69) is 21.1 Å². The van der Waals surface area contributed by atoms with Crippen LogP contribution in [0.25, 0.3) is 0 Å². The molecule has 1 aromatic carbocycles. The molecule has 6 N–H and O–H groups in total. The van der Waals surface area contributed by atoms with Crippen LogP contribution in [-0.4, -0.2) is 57.9 Å². The molecular weight excluding hydrogens is 404 g/mol. The Morgan fingerprint density at radius 3 is 1.61 bits per heavy atom. The molecule has 0 spiro atoms. The van der Waals surface area contributed by atoms with Gasteiger partial charge in [0.1, 0.15) is 11.5 Å². The number of carbonyl (C=O) groups is 2. The van der Waals surface area contributed by atoms with E-state index in [4.69, 9.17) is 10.2 Å². The molecule has 1 rings (SSSR count). The quantitative estimate of drug-likeness (QED) is 0.147. The third-order valence-electron chi connectivity index (χ3n) is 4.48. The number of rotatable bonds is 14. The number of nitrogens with zero attached hydrogens (tertiary/aromatic N) is 2. The zero-order valence-electron chi connectivity index (χ0n) is 17.8. The molecule has 0 atom stereocenters. The fourth-order valence-electron chi connectivity index (χ4n) is 2.65. The number of phenolic OH excluding ortho intramolecular Hbond substituents is 2. The summed E-state index contributed by atoms with van der Waals surface area (Å²) in [7, 11) is 0. The first kappa shape index (κ1) is 26.1. The highest BCUT2D eigenvalue weighted by Gasteiger charge is 2.12. The van der Waals surface area contributed by atoms with E-state index in [1.165, 1.54) is 25.4 Å². The minimum Gasteiger partial charge on any atom is -0.507 e. The highest BCUT2D eigenvalue weighted by atomic mass is 16.3. The highest BCUT2D eigenvalue weighted by molar-refractivity contribution is 5.93. The largest absolute Gasteiger partial charge is 0.507 e. The minimum atomic E-state index is -0.285. The third kappa shape index (κ3) is 10.1. The van der Waals surface area contributed by atoms with Crippen molar-refractivity contribution in [1.29, 1.82) is 0 Å². The van der Waals surface area contributed by atoms with Gasteiger partial charge in [0.15, 0.2) is 0 Å². The molecule has 0 heterocycles. The zero-order valence-corrected chi connectivity index (χ0v) is 17.8. The van der Waals surface area contributed by atoms with E-state index in [1.54, 1.807) is 0 Å². The van der Waals surface area contributed by atoms with Crippen LogP contribution in [0.5, 0.6) is 11.5 Å². The van der Waals surface area contributed by atoms with Crippen LogP contribution in [0, 0.1) is 6.92 Å². The monoisotopic (exact) mass is 436 g/mol. The van der Waals surface area contributed by atoms with Crippen LogP contribution in [-0.2, 0) is 9.59 Å². The molecule has 31 heavy (non-hydrogen) atoms. The number of unbranched alkanes of at least 4 members (excludes halogenated alkanes) is 4. The number of hydrogen-bond donors (Lipinski definition) is 6. The number of benzene rings is 1. The zero-order chi connectivity index (χ0) is 23.1. The molecule has 10 nitrogen and oxygen atoms in total. The van der Waals surface area contributed by atoms with Gasteiger partial charge in [-0.1, -0.05) is 12.8 Å². The van der Waals surface area contributed by atoms with Gasteiger partial charge in [0.2, 0.25) is 11.8 Å². The Morgan fingerprint density at radius 2 is 1.23 bits per heavy atom. The van der Waals surface area contributed by atoms with E-state index in [-0.39, 0.29) is 66.1 Å². The van der Waals surface area contributed by atoms with Crippen molar-refractivity contribution in [3.05, 3.63) is 22.8 Å². The van der Waals surface area contributed by atoms with E-state index < -0.39 is 0 Å². The highest BCUT2D eigenvalue weighted by Crippen LogP contribution is 2.31. The standard InChI is InChI=1S/C21H32N4O6/c1-15-20(30)16(13-22-24-18(28)8-4-2-6-10-26)12-17(21(15)31)14-23-25-19(29)9-5-3-7-11-27/h12-14,26-27,30-31H,2-11H2,1H3,(H,24,28)(H,25,29)/b22-13+,23-14+. The van der Waals surface area contributed by atoms with Crippen LogP contribution in [0.1, 0.15) is 68.1 Å². The molecule has 10 heteroatoms. The Morgan fingerprint density at radius 1 is 0.806 bits per heavy atom. The van der Waals surface area contributed by atoms with Gasteiger partial charge in [-0.2, -0.15) is 10.2 Å². The summed E-state index contributed by atoms with van der Waals surface area (Å²) in [4.78, 5) is 23.4. The van der Waals surface area contributed by atoms with Gasteiger partial charge in [0.25, 0.3) is 0 Å². The Balaban J connectivity index is 2.69. The predicted molar refractivity (Wildman–Crippen MR) is 117 cm³/mol. The molecule has 0 saturated carbocycles. The number of aliphatic hydroxyl groups is 2. The second-order valence-electron chi connectivity index (χ2n) is 7.03. The van der Waals surface area contributed by atoms with E-state index in [9.17, 15) is 19.8 Å². The molecule has 0 aliphatic rings. The van der Waals surface area contributed by atoms with Crippen LogP contribution in [0.15, 0.2) is 16.3 Å². The summed E-state index contributed by atoms with van der Waals surface area (Å²) in [6.07, 6.45) is 7.11. The van der Waals surface area contributed by atoms with E-state index in [1.807, 2.05) is 0 Å². The lowest BCUT2D eigenvalue weighted by Crippen LogP contribution is -2.17. The molecule has 172 valence electrons.